The fraction of sp³-hybridized carbons (Fsp3) is 0.348. The topological polar surface area (TPSA) is 80.5 Å². The third-order valence-corrected chi connectivity index (χ3v) is 5.77. The summed E-state index contributed by atoms with van der Waals surface area (Å²) in [6.07, 6.45) is 1.62. The predicted molar refractivity (Wildman–Crippen MR) is 118 cm³/mol. The third-order valence-electron chi connectivity index (χ3n) is 5.51. The molecule has 0 aliphatic carbocycles. The van der Waals surface area contributed by atoms with Crippen LogP contribution in [0.1, 0.15) is 24.3 Å². The quantitative estimate of drug-likeness (QED) is 0.599. The highest BCUT2D eigenvalue weighted by atomic mass is 35.5. The van der Waals surface area contributed by atoms with Gasteiger partial charge in [-0.15, -0.1) is 0 Å². The molecule has 3 aromatic rings. The summed E-state index contributed by atoms with van der Waals surface area (Å²) in [5.74, 6) is 2.06. The van der Waals surface area contributed by atoms with Crippen molar-refractivity contribution in [2.45, 2.75) is 25.9 Å². The summed E-state index contributed by atoms with van der Waals surface area (Å²) >= 11 is 5.90. The molecule has 0 spiro atoms. The second kappa shape index (κ2) is 9.94. The number of rotatable bonds is 7. The molecule has 0 unspecified atom stereocenters. The van der Waals surface area contributed by atoms with Crippen molar-refractivity contribution in [3.05, 3.63) is 65.0 Å². The standard InChI is InChI=1S/C23H25ClN4O3/c1-30-20-8-4-17(5-9-20)22-26-21(31-27-22)15-28-12-10-18(11-13-28)23(29)25-14-16-2-6-19(24)7-3-16/h2-9,18H,10-15H2,1H3,(H,25,29). The number of likely N-dealkylation sites (tertiary alicyclic amines) is 1. The molecule has 0 radical (unpaired) electrons. The van der Waals surface area contributed by atoms with Crippen LogP contribution in [0.4, 0.5) is 0 Å². The average Bonchev–Trinajstić information content (AvgIpc) is 3.27. The maximum Gasteiger partial charge on any atom is 0.241 e. The van der Waals surface area contributed by atoms with E-state index in [1.807, 2.05) is 48.5 Å². The minimum atomic E-state index is 0.0288. The first-order chi connectivity index (χ1) is 15.1. The van der Waals surface area contributed by atoms with Crippen molar-refractivity contribution >= 4 is 17.5 Å². The van der Waals surface area contributed by atoms with Crippen molar-refractivity contribution in [2.75, 3.05) is 20.2 Å². The molecule has 0 saturated carbocycles. The van der Waals surface area contributed by atoms with Crippen LogP contribution in [0, 0.1) is 5.92 Å². The first-order valence-electron chi connectivity index (χ1n) is 10.3. The number of aromatic nitrogens is 2. The summed E-state index contributed by atoms with van der Waals surface area (Å²) < 4.78 is 10.6. The number of piperidine rings is 1. The van der Waals surface area contributed by atoms with Crippen LogP contribution in [0.25, 0.3) is 11.4 Å². The molecule has 8 heteroatoms. The monoisotopic (exact) mass is 440 g/mol. The Kier molecular flexibility index (Phi) is 6.84. The van der Waals surface area contributed by atoms with Crippen molar-refractivity contribution in [1.82, 2.24) is 20.4 Å². The smallest absolute Gasteiger partial charge is 0.241 e. The Morgan fingerprint density at radius 3 is 2.55 bits per heavy atom. The number of methoxy groups -OCH3 is 1. The van der Waals surface area contributed by atoms with Gasteiger partial charge in [0.25, 0.3) is 0 Å². The number of nitrogens with zero attached hydrogens (tertiary/aromatic N) is 3. The van der Waals surface area contributed by atoms with Gasteiger partial charge in [-0.3, -0.25) is 9.69 Å². The molecular weight excluding hydrogens is 416 g/mol. The molecule has 0 atom stereocenters. The van der Waals surface area contributed by atoms with Crippen molar-refractivity contribution < 1.29 is 14.1 Å². The van der Waals surface area contributed by atoms with Crippen LogP contribution in [0.5, 0.6) is 5.75 Å². The highest BCUT2D eigenvalue weighted by Crippen LogP contribution is 2.22. The number of nitrogens with one attached hydrogen (secondary N) is 1. The van der Waals surface area contributed by atoms with Gasteiger partial charge < -0.3 is 14.6 Å². The number of amides is 1. The van der Waals surface area contributed by atoms with E-state index in [9.17, 15) is 4.79 Å². The lowest BCUT2D eigenvalue weighted by Gasteiger charge is -2.30. The number of hydrogen-bond acceptors (Lipinski definition) is 6. The summed E-state index contributed by atoms with van der Waals surface area (Å²) in [5.41, 5.74) is 1.92. The molecule has 2 aromatic carbocycles. The van der Waals surface area contributed by atoms with Crippen LogP contribution < -0.4 is 10.1 Å². The second-order valence-electron chi connectivity index (χ2n) is 7.63. The third kappa shape index (κ3) is 5.62. The maximum absolute atomic E-state index is 12.5. The highest BCUT2D eigenvalue weighted by molar-refractivity contribution is 6.30. The van der Waals surface area contributed by atoms with E-state index in [0.29, 0.717) is 29.8 Å². The van der Waals surface area contributed by atoms with E-state index < -0.39 is 0 Å². The molecule has 1 aliphatic rings. The van der Waals surface area contributed by atoms with Crippen LogP contribution in [0.3, 0.4) is 0 Å². The van der Waals surface area contributed by atoms with Gasteiger partial charge in [-0.05, 0) is 67.9 Å². The zero-order valence-electron chi connectivity index (χ0n) is 17.4. The highest BCUT2D eigenvalue weighted by Gasteiger charge is 2.26. The molecule has 1 fully saturated rings. The Labute approximate surface area is 186 Å². The Morgan fingerprint density at radius 2 is 1.87 bits per heavy atom. The second-order valence-corrected chi connectivity index (χ2v) is 8.07. The van der Waals surface area contributed by atoms with Gasteiger partial charge in [0.15, 0.2) is 0 Å². The molecule has 1 amide bonds. The molecule has 162 valence electrons. The minimum absolute atomic E-state index is 0.0288. The summed E-state index contributed by atoms with van der Waals surface area (Å²) in [6.45, 7) is 2.74. The van der Waals surface area contributed by atoms with Crippen LogP contribution >= 0.6 is 11.6 Å². The number of carbonyl (C=O) groups excluding carboxylic acids is 1. The molecule has 1 saturated heterocycles. The van der Waals surface area contributed by atoms with E-state index in [1.165, 1.54) is 0 Å². The van der Waals surface area contributed by atoms with E-state index in [4.69, 9.17) is 20.9 Å². The predicted octanol–water partition coefficient (Wildman–Crippen LogP) is 3.93. The number of benzene rings is 2. The summed E-state index contributed by atoms with van der Waals surface area (Å²) in [6, 6.07) is 15.1. The molecule has 1 N–H and O–H groups in total. The molecule has 2 heterocycles. The van der Waals surface area contributed by atoms with Gasteiger partial charge in [-0.25, -0.2) is 0 Å². The normalized spacial score (nSPS) is 15.0. The summed E-state index contributed by atoms with van der Waals surface area (Å²) in [5, 5.41) is 7.81. The molecule has 1 aromatic heterocycles. The van der Waals surface area contributed by atoms with Gasteiger partial charge >= 0.3 is 0 Å². The zero-order chi connectivity index (χ0) is 21.6. The molecule has 0 bridgehead atoms. The van der Waals surface area contributed by atoms with Gasteiger partial charge in [0.05, 0.1) is 13.7 Å². The first kappa shape index (κ1) is 21.3. The maximum atomic E-state index is 12.5. The number of carbonyl (C=O) groups is 1. The van der Waals surface area contributed by atoms with Crippen molar-refractivity contribution in [2.24, 2.45) is 5.92 Å². The molecule has 7 nitrogen and oxygen atoms in total. The van der Waals surface area contributed by atoms with Crippen LogP contribution in [-0.4, -0.2) is 41.1 Å². The first-order valence-corrected chi connectivity index (χ1v) is 10.7. The number of hydrogen-bond donors (Lipinski definition) is 1. The Bertz CT molecular complexity index is 996. The number of halogens is 1. The van der Waals surface area contributed by atoms with E-state index in [2.05, 4.69) is 20.4 Å². The molecule has 31 heavy (non-hydrogen) atoms. The van der Waals surface area contributed by atoms with Crippen molar-refractivity contribution in [3.8, 4) is 17.1 Å². The van der Waals surface area contributed by atoms with Gasteiger partial charge in [-0.1, -0.05) is 28.9 Å². The van der Waals surface area contributed by atoms with E-state index in [-0.39, 0.29) is 11.8 Å². The van der Waals surface area contributed by atoms with E-state index >= 15 is 0 Å². The van der Waals surface area contributed by atoms with Crippen LogP contribution in [0.2, 0.25) is 5.02 Å². The van der Waals surface area contributed by atoms with Gasteiger partial charge in [0.1, 0.15) is 5.75 Å². The van der Waals surface area contributed by atoms with Crippen molar-refractivity contribution in [3.63, 3.8) is 0 Å². The van der Waals surface area contributed by atoms with Gasteiger partial charge in [0, 0.05) is 23.0 Å². The average molecular weight is 441 g/mol. The van der Waals surface area contributed by atoms with Crippen LogP contribution in [0.15, 0.2) is 53.1 Å². The fourth-order valence-electron chi connectivity index (χ4n) is 3.66. The lowest BCUT2D eigenvalue weighted by atomic mass is 9.96. The largest absolute Gasteiger partial charge is 0.497 e. The van der Waals surface area contributed by atoms with Crippen molar-refractivity contribution in [1.29, 1.82) is 0 Å². The summed E-state index contributed by atoms with van der Waals surface area (Å²) in [4.78, 5) is 19.3. The SMILES string of the molecule is COc1ccc(-c2noc(CN3CCC(C(=O)NCc4ccc(Cl)cc4)CC3)n2)cc1. The zero-order valence-corrected chi connectivity index (χ0v) is 18.1. The molecular formula is C23H25ClN4O3. The number of ether oxygens (including phenoxy) is 1. The van der Waals surface area contributed by atoms with Gasteiger partial charge in [-0.2, -0.15) is 4.98 Å². The Morgan fingerprint density at radius 1 is 1.16 bits per heavy atom. The summed E-state index contributed by atoms with van der Waals surface area (Å²) in [7, 11) is 1.63. The minimum Gasteiger partial charge on any atom is -0.497 e. The Hall–Kier alpha value is -2.90. The lowest BCUT2D eigenvalue weighted by molar-refractivity contribution is -0.126. The van der Waals surface area contributed by atoms with Gasteiger partial charge in [0.2, 0.25) is 17.6 Å². The van der Waals surface area contributed by atoms with Crippen LogP contribution in [-0.2, 0) is 17.9 Å². The molecule has 1 aliphatic heterocycles. The lowest BCUT2D eigenvalue weighted by Crippen LogP contribution is -2.40. The molecule has 4 rings (SSSR count). The van der Waals surface area contributed by atoms with E-state index in [1.54, 1.807) is 7.11 Å². The fourth-order valence-corrected chi connectivity index (χ4v) is 3.78. The Balaban J connectivity index is 1.24. The van der Waals surface area contributed by atoms with E-state index in [0.717, 1.165) is 42.8 Å².